The number of aryl methyl sites for hydroxylation is 1. The average molecular weight is 360 g/mol. The summed E-state index contributed by atoms with van der Waals surface area (Å²) in [6.07, 6.45) is 2.16. The average Bonchev–Trinajstić information content (AvgIpc) is 2.59. The predicted molar refractivity (Wildman–Crippen MR) is 91.3 cm³/mol. The standard InChI is InChI=1S/C18H15F3N4O/c1-10-6-15(22-4-2-11-3-5-23-16(26)7-11)25-18(24-10)12-8-13(19)17(21)14(20)9-12/h3,5-9H,2,4H2,1H3,(H,23,26)(H,22,24,25). The maximum atomic E-state index is 13.4. The second-order valence-corrected chi connectivity index (χ2v) is 5.71. The zero-order chi connectivity index (χ0) is 18.7. The molecule has 8 heteroatoms. The van der Waals surface area contributed by atoms with Gasteiger partial charge in [-0.1, -0.05) is 0 Å². The number of rotatable bonds is 5. The molecule has 5 nitrogen and oxygen atoms in total. The fourth-order valence-corrected chi connectivity index (χ4v) is 2.45. The first kappa shape index (κ1) is 17.7. The van der Waals surface area contributed by atoms with Crippen LogP contribution in [0.5, 0.6) is 0 Å². The van der Waals surface area contributed by atoms with E-state index in [1.807, 2.05) is 0 Å². The van der Waals surface area contributed by atoms with Crippen molar-refractivity contribution in [3.05, 3.63) is 75.6 Å². The molecule has 0 unspecified atom stereocenters. The molecule has 0 saturated carbocycles. The van der Waals surface area contributed by atoms with Gasteiger partial charge in [-0.3, -0.25) is 4.79 Å². The van der Waals surface area contributed by atoms with Crippen LogP contribution >= 0.6 is 0 Å². The summed E-state index contributed by atoms with van der Waals surface area (Å²) in [4.78, 5) is 22.2. The van der Waals surface area contributed by atoms with Gasteiger partial charge in [-0.05, 0) is 37.1 Å². The summed E-state index contributed by atoms with van der Waals surface area (Å²) in [5, 5.41) is 3.08. The largest absolute Gasteiger partial charge is 0.370 e. The Bertz CT molecular complexity index is 981. The van der Waals surface area contributed by atoms with Gasteiger partial charge in [0.25, 0.3) is 0 Å². The van der Waals surface area contributed by atoms with Gasteiger partial charge >= 0.3 is 0 Å². The number of halogens is 3. The molecule has 26 heavy (non-hydrogen) atoms. The van der Waals surface area contributed by atoms with Crippen molar-refractivity contribution in [1.29, 1.82) is 0 Å². The Morgan fingerprint density at radius 2 is 1.81 bits per heavy atom. The third-order valence-electron chi connectivity index (χ3n) is 3.66. The molecule has 3 aromatic rings. The summed E-state index contributed by atoms with van der Waals surface area (Å²) in [6, 6.07) is 6.68. The first-order chi connectivity index (χ1) is 12.4. The lowest BCUT2D eigenvalue weighted by Gasteiger charge is -2.09. The Labute approximate surface area is 147 Å². The molecule has 0 fully saturated rings. The summed E-state index contributed by atoms with van der Waals surface area (Å²) in [5.74, 6) is -3.58. The SMILES string of the molecule is Cc1cc(NCCc2cc[nH]c(=O)c2)nc(-c2cc(F)c(F)c(F)c2)n1. The van der Waals surface area contributed by atoms with Crippen molar-refractivity contribution < 1.29 is 13.2 Å². The summed E-state index contributed by atoms with van der Waals surface area (Å²) >= 11 is 0. The van der Waals surface area contributed by atoms with Gasteiger partial charge in [0.05, 0.1) is 0 Å². The van der Waals surface area contributed by atoms with Gasteiger partial charge in [0, 0.05) is 36.1 Å². The minimum atomic E-state index is -1.53. The summed E-state index contributed by atoms with van der Waals surface area (Å²) in [6.45, 7) is 2.20. The fourth-order valence-electron chi connectivity index (χ4n) is 2.45. The smallest absolute Gasteiger partial charge is 0.248 e. The number of nitrogens with zero attached hydrogens (tertiary/aromatic N) is 2. The topological polar surface area (TPSA) is 70.7 Å². The number of benzene rings is 1. The van der Waals surface area contributed by atoms with E-state index in [9.17, 15) is 18.0 Å². The van der Waals surface area contributed by atoms with Gasteiger partial charge < -0.3 is 10.3 Å². The van der Waals surface area contributed by atoms with Crippen LogP contribution in [0.15, 0.2) is 41.3 Å². The fraction of sp³-hybridized carbons (Fsp3) is 0.167. The minimum Gasteiger partial charge on any atom is -0.370 e. The van der Waals surface area contributed by atoms with Gasteiger partial charge in [-0.2, -0.15) is 0 Å². The molecule has 3 rings (SSSR count). The van der Waals surface area contributed by atoms with E-state index in [-0.39, 0.29) is 16.9 Å². The molecule has 2 aromatic heterocycles. The van der Waals surface area contributed by atoms with E-state index in [4.69, 9.17) is 0 Å². The number of aromatic amines is 1. The third-order valence-corrected chi connectivity index (χ3v) is 3.66. The summed E-state index contributed by atoms with van der Waals surface area (Å²) in [7, 11) is 0. The molecular weight excluding hydrogens is 345 g/mol. The lowest BCUT2D eigenvalue weighted by molar-refractivity contribution is 0.447. The number of H-pyrrole nitrogens is 1. The Balaban J connectivity index is 1.78. The number of aromatic nitrogens is 3. The molecule has 1 aromatic carbocycles. The minimum absolute atomic E-state index is 0.0442. The Morgan fingerprint density at radius 1 is 1.08 bits per heavy atom. The molecule has 0 radical (unpaired) electrons. The molecule has 134 valence electrons. The first-order valence-electron chi connectivity index (χ1n) is 7.84. The van der Waals surface area contributed by atoms with Crippen molar-refractivity contribution in [3.63, 3.8) is 0 Å². The van der Waals surface area contributed by atoms with E-state index >= 15 is 0 Å². The van der Waals surface area contributed by atoms with Gasteiger partial charge in [-0.15, -0.1) is 0 Å². The molecule has 0 atom stereocenters. The Kier molecular flexibility index (Phi) is 5.01. The number of anilines is 1. The Hall–Kier alpha value is -3.16. The van der Waals surface area contributed by atoms with Crippen molar-refractivity contribution >= 4 is 5.82 Å². The molecular formula is C18H15F3N4O. The number of nitrogens with one attached hydrogen (secondary N) is 2. The van der Waals surface area contributed by atoms with Crippen LogP contribution in [-0.2, 0) is 6.42 Å². The highest BCUT2D eigenvalue weighted by molar-refractivity contribution is 5.58. The molecule has 0 aliphatic heterocycles. The maximum absolute atomic E-state index is 13.4. The van der Waals surface area contributed by atoms with E-state index in [1.54, 1.807) is 25.3 Å². The molecule has 2 heterocycles. The van der Waals surface area contributed by atoms with E-state index in [1.165, 1.54) is 6.07 Å². The molecule has 0 spiro atoms. The number of hydrogen-bond acceptors (Lipinski definition) is 4. The monoisotopic (exact) mass is 360 g/mol. The molecule has 0 saturated heterocycles. The molecule has 2 N–H and O–H groups in total. The van der Waals surface area contributed by atoms with Gasteiger partial charge in [-0.25, -0.2) is 23.1 Å². The third kappa shape index (κ3) is 4.08. The van der Waals surface area contributed by atoms with Crippen molar-refractivity contribution in [3.8, 4) is 11.4 Å². The van der Waals surface area contributed by atoms with Crippen molar-refractivity contribution in [1.82, 2.24) is 15.0 Å². The molecule has 0 aliphatic carbocycles. The Morgan fingerprint density at radius 3 is 2.50 bits per heavy atom. The zero-order valence-corrected chi connectivity index (χ0v) is 13.8. The van der Waals surface area contributed by atoms with E-state index in [0.29, 0.717) is 24.5 Å². The van der Waals surface area contributed by atoms with Crippen LogP contribution in [-0.4, -0.2) is 21.5 Å². The molecule has 0 amide bonds. The quantitative estimate of drug-likeness (QED) is 0.686. The summed E-state index contributed by atoms with van der Waals surface area (Å²) < 4.78 is 40.0. The van der Waals surface area contributed by atoms with E-state index < -0.39 is 17.5 Å². The summed E-state index contributed by atoms with van der Waals surface area (Å²) in [5.41, 5.74) is 1.31. The van der Waals surface area contributed by atoms with Crippen molar-refractivity contribution in [2.24, 2.45) is 0 Å². The van der Waals surface area contributed by atoms with Crippen LogP contribution in [0, 0.1) is 24.4 Å². The maximum Gasteiger partial charge on any atom is 0.248 e. The van der Waals surface area contributed by atoms with Crippen LogP contribution < -0.4 is 10.9 Å². The van der Waals surface area contributed by atoms with Crippen LogP contribution in [0.4, 0.5) is 19.0 Å². The van der Waals surface area contributed by atoms with Gasteiger partial charge in [0.2, 0.25) is 5.56 Å². The first-order valence-corrected chi connectivity index (χ1v) is 7.84. The molecule has 0 aliphatic rings. The van der Waals surface area contributed by atoms with Crippen LogP contribution in [0.25, 0.3) is 11.4 Å². The van der Waals surface area contributed by atoms with Crippen molar-refractivity contribution in [2.45, 2.75) is 13.3 Å². The highest BCUT2D eigenvalue weighted by Crippen LogP contribution is 2.22. The van der Waals surface area contributed by atoms with Crippen molar-refractivity contribution in [2.75, 3.05) is 11.9 Å². The second kappa shape index (κ2) is 7.38. The highest BCUT2D eigenvalue weighted by atomic mass is 19.2. The normalized spacial score (nSPS) is 10.8. The van der Waals surface area contributed by atoms with Crippen LogP contribution in [0.2, 0.25) is 0 Å². The van der Waals surface area contributed by atoms with E-state index in [0.717, 1.165) is 17.7 Å². The number of hydrogen-bond donors (Lipinski definition) is 2. The number of pyridine rings is 1. The highest BCUT2D eigenvalue weighted by Gasteiger charge is 2.14. The second-order valence-electron chi connectivity index (χ2n) is 5.71. The zero-order valence-electron chi connectivity index (χ0n) is 13.8. The molecule has 0 bridgehead atoms. The van der Waals surface area contributed by atoms with Gasteiger partial charge in [0.15, 0.2) is 23.3 Å². The lowest BCUT2D eigenvalue weighted by atomic mass is 10.2. The van der Waals surface area contributed by atoms with Crippen LogP contribution in [0.1, 0.15) is 11.3 Å². The lowest BCUT2D eigenvalue weighted by Crippen LogP contribution is -2.10. The van der Waals surface area contributed by atoms with Crippen LogP contribution in [0.3, 0.4) is 0 Å². The van der Waals surface area contributed by atoms with E-state index in [2.05, 4.69) is 20.3 Å². The van der Waals surface area contributed by atoms with Gasteiger partial charge in [0.1, 0.15) is 5.82 Å². The predicted octanol–water partition coefficient (Wildman–Crippen LogP) is 3.21.